The van der Waals surface area contributed by atoms with Crippen LogP contribution in [-0.4, -0.2) is 41.6 Å². The third-order valence-electron chi connectivity index (χ3n) is 7.61. The van der Waals surface area contributed by atoms with E-state index in [2.05, 4.69) is 53.2 Å². The molecule has 3 fully saturated rings. The second-order valence-electron chi connectivity index (χ2n) is 9.63. The molecule has 5 heteroatoms. The predicted octanol–water partition coefficient (Wildman–Crippen LogP) is 5.43. The molecular formula is C25H40ClN3O. The van der Waals surface area contributed by atoms with Crippen molar-refractivity contribution in [2.45, 2.75) is 102 Å². The molecular weight excluding hydrogens is 394 g/mol. The Labute approximate surface area is 189 Å². The second kappa shape index (κ2) is 10.4. The standard InChI is InChI=1S/C25H39N3O.ClH/c1-20-11-10-14-23(19-20)28-21(2)26-24(29)25(28)15-17-27(18-16-25)22-12-8-6-4-3-5-7-9-13-22;/h10-11,14,19,21-22H,3-9,12-13,15-18H2,1-2H3,(H,26,29);1H. The van der Waals surface area contributed by atoms with Crippen LogP contribution < -0.4 is 10.2 Å². The van der Waals surface area contributed by atoms with Crippen LogP contribution in [0, 0.1) is 6.92 Å². The van der Waals surface area contributed by atoms with Gasteiger partial charge in [0.05, 0.1) is 6.17 Å². The first-order valence-electron chi connectivity index (χ1n) is 12.0. The zero-order valence-electron chi connectivity index (χ0n) is 18.9. The van der Waals surface area contributed by atoms with Gasteiger partial charge >= 0.3 is 0 Å². The lowest BCUT2D eigenvalue weighted by Crippen LogP contribution is -2.58. The van der Waals surface area contributed by atoms with Crippen LogP contribution in [0.2, 0.25) is 0 Å². The molecule has 1 amide bonds. The van der Waals surface area contributed by atoms with Crippen molar-refractivity contribution in [1.29, 1.82) is 0 Å². The number of benzene rings is 1. The molecule has 1 spiro atoms. The highest BCUT2D eigenvalue weighted by atomic mass is 35.5. The average Bonchev–Trinajstić information content (AvgIpc) is 2.96. The largest absolute Gasteiger partial charge is 0.337 e. The van der Waals surface area contributed by atoms with Crippen molar-refractivity contribution in [3.8, 4) is 0 Å². The predicted molar refractivity (Wildman–Crippen MR) is 127 cm³/mol. The van der Waals surface area contributed by atoms with Crippen molar-refractivity contribution >= 4 is 24.0 Å². The van der Waals surface area contributed by atoms with E-state index in [4.69, 9.17) is 0 Å². The molecule has 1 aliphatic carbocycles. The summed E-state index contributed by atoms with van der Waals surface area (Å²) in [4.78, 5) is 18.2. The summed E-state index contributed by atoms with van der Waals surface area (Å²) < 4.78 is 0. The number of rotatable bonds is 2. The number of carbonyl (C=O) groups is 1. The molecule has 1 saturated carbocycles. The molecule has 0 bridgehead atoms. The number of halogens is 1. The molecule has 168 valence electrons. The molecule has 2 saturated heterocycles. The minimum absolute atomic E-state index is 0. The number of hydrogen-bond acceptors (Lipinski definition) is 3. The Hall–Kier alpha value is -1.26. The Kier molecular flexibility index (Phi) is 8.09. The van der Waals surface area contributed by atoms with Crippen molar-refractivity contribution in [1.82, 2.24) is 10.2 Å². The van der Waals surface area contributed by atoms with Crippen LogP contribution in [0.25, 0.3) is 0 Å². The number of nitrogens with zero attached hydrogens (tertiary/aromatic N) is 2. The molecule has 1 unspecified atom stereocenters. The van der Waals surface area contributed by atoms with Crippen LogP contribution in [0.15, 0.2) is 24.3 Å². The van der Waals surface area contributed by atoms with Gasteiger partial charge in [0.1, 0.15) is 5.54 Å². The fraction of sp³-hybridized carbons (Fsp3) is 0.720. The molecule has 2 aliphatic heterocycles. The van der Waals surface area contributed by atoms with E-state index in [9.17, 15) is 4.79 Å². The van der Waals surface area contributed by atoms with E-state index in [1.807, 2.05) is 0 Å². The number of piperidine rings is 1. The highest BCUT2D eigenvalue weighted by Crippen LogP contribution is 2.40. The summed E-state index contributed by atoms with van der Waals surface area (Å²) in [7, 11) is 0. The topological polar surface area (TPSA) is 35.6 Å². The lowest BCUT2D eigenvalue weighted by atomic mass is 9.84. The Morgan fingerprint density at radius 2 is 1.57 bits per heavy atom. The molecule has 1 aromatic carbocycles. The van der Waals surface area contributed by atoms with E-state index in [0.29, 0.717) is 0 Å². The Morgan fingerprint density at radius 3 is 2.17 bits per heavy atom. The first-order chi connectivity index (χ1) is 14.1. The van der Waals surface area contributed by atoms with E-state index in [1.54, 1.807) is 0 Å². The number of likely N-dealkylation sites (tertiary alicyclic amines) is 1. The van der Waals surface area contributed by atoms with E-state index < -0.39 is 0 Å². The Bertz CT molecular complexity index is 691. The summed E-state index contributed by atoms with van der Waals surface area (Å²) in [6.07, 6.45) is 14.4. The van der Waals surface area contributed by atoms with Gasteiger partial charge in [-0.15, -0.1) is 12.4 Å². The van der Waals surface area contributed by atoms with Crippen molar-refractivity contribution in [3.05, 3.63) is 29.8 Å². The van der Waals surface area contributed by atoms with E-state index in [-0.39, 0.29) is 30.0 Å². The van der Waals surface area contributed by atoms with Gasteiger partial charge in [-0.25, -0.2) is 0 Å². The van der Waals surface area contributed by atoms with Gasteiger partial charge in [0.15, 0.2) is 0 Å². The van der Waals surface area contributed by atoms with Crippen molar-refractivity contribution in [2.24, 2.45) is 0 Å². The Balaban J connectivity index is 0.00000256. The molecule has 30 heavy (non-hydrogen) atoms. The van der Waals surface area contributed by atoms with Gasteiger partial charge < -0.3 is 15.1 Å². The highest BCUT2D eigenvalue weighted by Gasteiger charge is 2.53. The lowest BCUT2D eigenvalue weighted by molar-refractivity contribution is -0.125. The van der Waals surface area contributed by atoms with Gasteiger partial charge in [0.25, 0.3) is 0 Å². The highest BCUT2D eigenvalue weighted by molar-refractivity contribution is 5.94. The zero-order valence-corrected chi connectivity index (χ0v) is 19.7. The first-order valence-corrected chi connectivity index (χ1v) is 12.0. The maximum atomic E-state index is 13.1. The van der Waals surface area contributed by atoms with Gasteiger partial charge in [-0.05, 0) is 57.2 Å². The van der Waals surface area contributed by atoms with Crippen LogP contribution in [0.4, 0.5) is 5.69 Å². The number of aryl methyl sites for hydroxylation is 1. The first kappa shape index (κ1) is 23.4. The summed E-state index contributed by atoms with van der Waals surface area (Å²) in [5.41, 5.74) is 2.06. The number of anilines is 1. The molecule has 1 aromatic rings. The van der Waals surface area contributed by atoms with E-state index >= 15 is 0 Å². The van der Waals surface area contributed by atoms with Crippen molar-refractivity contribution in [2.75, 3.05) is 18.0 Å². The normalized spacial score (nSPS) is 26.3. The average molecular weight is 434 g/mol. The fourth-order valence-corrected chi connectivity index (χ4v) is 6.00. The SMILES string of the molecule is Cc1cccc(N2C(C)NC(=O)C23CCN(C2CCCCCCCCC2)CC3)c1.Cl. The smallest absolute Gasteiger partial charge is 0.247 e. The lowest BCUT2D eigenvalue weighted by Gasteiger charge is -2.46. The molecule has 4 rings (SSSR count). The third kappa shape index (κ3) is 4.80. The fourth-order valence-electron chi connectivity index (χ4n) is 6.00. The molecule has 1 atom stereocenters. The van der Waals surface area contributed by atoms with Crippen molar-refractivity contribution in [3.63, 3.8) is 0 Å². The van der Waals surface area contributed by atoms with Crippen LogP contribution in [0.5, 0.6) is 0 Å². The van der Waals surface area contributed by atoms with E-state index in [1.165, 1.54) is 69.0 Å². The minimum Gasteiger partial charge on any atom is -0.337 e. The summed E-state index contributed by atoms with van der Waals surface area (Å²) in [6, 6.07) is 9.36. The maximum absolute atomic E-state index is 13.1. The molecule has 2 heterocycles. The summed E-state index contributed by atoms with van der Waals surface area (Å²) in [6.45, 7) is 6.36. The number of carbonyl (C=O) groups excluding carboxylic acids is 1. The van der Waals surface area contributed by atoms with Gasteiger partial charge in [-0.2, -0.15) is 0 Å². The van der Waals surface area contributed by atoms with Crippen LogP contribution in [0.3, 0.4) is 0 Å². The summed E-state index contributed by atoms with van der Waals surface area (Å²) in [5.74, 6) is 0.233. The molecule has 4 nitrogen and oxygen atoms in total. The number of hydrogen-bond donors (Lipinski definition) is 1. The zero-order chi connectivity index (χ0) is 20.3. The van der Waals surface area contributed by atoms with Gasteiger partial charge in [-0.3, -0.25) is 4.79 Å². The number of nitrogens with one attached hydrogen (secondary N) is 1. The summed E-state index contributed by atoms with van der Waals surface area (Å²) >= 11 is 0. The van der Waals surface area contributed by atoms with E-state index in [0.717, 1.165) is 32.0 Å². The van der Waals surface area contributed by atoms with Gasteiger partial charge in [0.2, 0.25) is 5.91 Å². The van der Waals surface area contributed by atoms with Gasteiger partial charge in [0, 0.05) is 24.8 Å². The maximum Gasteiger partial charge on any atom is 0.247 e. The summed E-state index contributed by atoms with van der Waals surface area (Å²) in [5, 5.41) is 3.24. The van der Waals surface area contributed by atoms with Crippen LogP contribution in [-0.2, 0) is 4.79 Å². The van der Waals surface area contributed by atoms with Crippen LogP contribution >= 0.6 is 12.4 Å². The monoisotopic (exact) mass is 433 g/mol. The van der Waals surface area contributed by atoms with Crippen LogP contribution in [0.1, 0.15) is 83.1 Å². The van der Waals surface area contributed by atoms with Gasteiger partial charge in [-0.1, -0.05) is 57.1 Å². The second-order valence-corrected chi connectivity index (χ2v) is 9.63. The Morgan fingerprint density at radius 1 is 0.967 bits per heavy atom. The molecule has 3 aliphatic rings. The van der Waals surface area contributed by atoms with Crippen molar-refractivity contribution < 1.29 is 4.79 Å². The third-order valence-corrected chi connectivity index (χ3v) is 7.61. The quantitative estimate of drug-likeness (QED) is 0.675. The molecule has 1 N–H and O–H groups in total. The molecule has 0 aromatic heterocycles. The number of amides is 1. The minimum atomic E-state index is -0.375. The molecule has 0 radical (unpaired) electrons.